The SMILES string of the molecule is CCn1c(C)cc(C(=O)CSCc2cccc(C)c2)c1C. The molecule has 2 aromatic rings. The molecule has 2 rings (SSSR count). The molecule has 0 bridgehead atoms. The molecule has 112 valence electrons. The Bertz CT molecular complexity index is 643. The van der Waals surface area contributed by atoms with Gasteiger partial charge >= 0.3 is 0 Å². The van der Waals surface area contributed by atoms with E-state index in [0.29, 0.717) is 5.75 Å². The minimum absolute atomic E-state index is 0.237. The van der Waals surface area contributed by atoms with E-state index in [1.54, 1.807) is 11.8 Å². The number of ketones is 1. The Balaban J connectivity index is 1.96. The minimum Gasteiger partial charge on any atom is -0.349 e. The van der Waals surface area contributed by atoms with E-state index >= 15 is 0 Å². The average Bonchev–Trinajstić information content (AvgIpc) is 2.73. The van der Waals surface area contributed by atoms with Crippen molar-refractivity contribution in [2.24, 2.45) is 0 Å². The molecule has 0 fully saturated rings. The Morgan fingerprint density at radius 2 is 1.95 bits per heavy atom. The summed E-state index contributed by atoms with van der Waals surface area (Å²) in [5.41, 5.74) is 5.70. The molecule has 0 spiro atoms. The predicted octanol–water partition coefficient (Wildman–Crippen LogP) is 4.55. The van der Waals surface area contributed by atoms with E-state index < -0.39 is 0 Å². The van der Waals surface area contributed by atoms with Gasteiger partial charge in [0.1, 0.15) is 0 Å². The van der Waals surface area contributed by atoms with Crippen LogP contribution in [-0.4, -0.2) is 16.1 Å². The summed E-state index contributed by atoms with van der Waals surface area (Å²) in [6, 6.07) is 10.5. The fourth-order valence-electron chi connectivity index (χ4n) is 2.71. The summed E-state index contributed by atoms with van der Waals surface area (Å²) in [7, 11) is 0. The number of hydrogen-bond acceptors (Lipinski definition) is 2. The Morgan fingerprint density at radius 3 is 2.57 bits per heavy atom. The summed E-state index contributed by atoms with van der Waals surface area (Å²) in [5, 5.41) is 0. The molecule has 0 aliphatic carbocycles. The molecule has 2 nitrogen and oxygen atoms in total. The third-order valence-electron chi connectivity index (χ3n) is 3.77. The number of carbonyl (C=O) groups is 1. The summed E-state index contributed by atoms with van der Waals surface area (Å²) >= 11 is 1.69. The summed E-state index contributed by atoms with van der Waals surface area (Å²) in [6.45, 7) is 9.23. The van der Waals surface area contributed by atoms with Crippen LogP contribution >= 0.6 is 11.8 Å². The van der Waals surface area contributed by atoms with Crippen LogP contribution in [0.2, 0.25) is 0 Å². The van der Waals surface area contributed by atoms with Gasteiger partial charge in [-0.3, -0.25) is 4.79 Å². The van der Waals surface area contributed by atoms with E-state index in [-0.39, 0.29) is 5.78 Å². The molecule has 0 aliphatic heterocycles. The van der Waals surface area contributed by atoms with Crippen LogP contribution in [0.4, 0.5) is 0 Å². The first-order valence-electron chi connectivity index (χ1n) is 7.36. The Hall–Kier alpha value is -1.48. The number of benzene rings is 1. The van der Waals surface area contributed by atoms with Crippen LogP contribution in [0.3, 0.4) is 0 Å². The maximum absolute atomic E-state index is 12.4. The van der Waals surface area contributed by atoms with E-state index in [9.17, 15) is 4.79 Å². The molecule has 0 saturated heterocycles. The van der Waals surface area contributed by atoms with Crippen LogP contribution in [0.1, 0.15) is 39.8 Å². The molecule has 0 amide bonds. The average molecular weight is 301 g/mol. The second kappa shape index (κ2) is 6.99. The topological polar surface area (TPSA) is 22.0 Å². The molecular formula is C18H23NOS. The zero-order chi connectivity index (χ0) is 15.4. The number of rotatable bonds is 6. The lowest BCUT2D eigenvalue weighted by Crippen LogP contribution is -2.06. The van der Waals surface area contributed by atoms with Crippen molar-refractivity contribution in [3.8, 4) is 0 Å². The highest BCUT2D eigenvalue weighted by atomic mass is 32.2. The van der Waals surface area contributed by atoms with Gasteiger partial charge in [0.2, 0.25) is 0 Å². The molecule has 0 N–H and O–H groups in total. The molecule has 1 aromatic heterocycles. The highest BCUT2D eigenvalue weighted by Crippen LogP contribution is 2.19. The Kier molecular flexibility index (Phi) is 5.29. The quantitative estimate of drug-likeness (QED) is 0.730. The van der Waals surface area contributed by atoms with Crippen molar-refractivity contribution in [2.75, 3.05) is 5.75 Å². The van der Waals surface area contributed by atoms with Crippen molar-refractivity contribution in [1.29, 1.82) is 0 Å². The maximum atomic E-state index is 12.4. The maximum Gasteiger partial charge on any atom is 0.174 e. The van der Waals surface area contributed by atoms with Gasteiger partial charge in [-0.25, -0.2) is 0 Å². The molecule has 3 heteroatoms. The van der Waals surface area contributed by atoms with Crippen LogP contribution in [0, 0.1) is 20.8 Å². The number of aryl methyl sites for hydroxylation is 2. The number of Topliss-reactive ketones (excluding diaryl/α,β-unsaturated/α-hetero) is 1. The van der Waals surface area contributed by atoms with Crippen molar-refractivity contribution in [3.63, 3.8) is 0 Å². The van der Waals surface area contributed by atoms with E-state index in [1.807, 2.05) is 13.0 Å². The first-order chi connectivity index (χ1) is 10.0. The normalized spacial score (nSPS) is 10.9. The number of carbonyl (C=O) groups excluding carboxylic acids is 1. The molecule has 1 heterocycles. The Labute approximate surface area is 131 Å². The lowest BCUT2D eigenvalue weighted by Gasteiger charge is -2.06. The smallest absolute Gasteiger partial charge is 0.174 e. The van der Waals surface area contributed by atoms with Gasteiger partial charge < -0.3 is 4.57 Å². The number of nitrogens with zero attached hydrogens (tertiary/aromatic N) is 1. The first kappa shape index (κ1) is 15.9. The molecule has 0 unspecified atom stereocenters. The van der Waals surface area contributed by atoms with Crippen LogP contribution < -0.4 is 0 Å². The molecule has 0 atom stereocenters. The van der Waals surface area contributed by atoms with Crippen LogP contribution in [0.5, 0.6) is 0 Å². The van der Waals surface area contributed by atoms with Crippen LogP contribution in [0.25, 0.3) is 0 Å². The van der Waals surface area contributed by atoms with Gasteiger partial charge in [0.25, 0.3) is 0 Å². The van der Waals surface area contributed by atoms with Crippen molar-refractivity contribution in [2.45, 2.75) is 40.0 Å². The zero-order valence-corrected chi connectivity index (χ0v) is 14.1. The lowest BCUT2D eigenvalue weighted by molar-refractivity contribution is 0.102. The molecule has 1 aromatic carbocycles. The molecule has 0 aliphatic rings. The van der Waals surface area contributed by atoms with Crippen molar-refractivity contribution in [3.05, 3.63) is 58.4 Å². The van der Waals surface area contributed by atoms with Gasteiger partial charge in [-0.1, -0.05) is 29.8 Å². The molecule has 0 saturated carbocycles. The predicted molar refractivity (Wildman–Crippen MR) is 91.3 cm³/mol. The number of hydrogen-bond donors (Lipinski definition) is 0. The van der Waals surface area contributed by atoms with Gasteiger partial charge in [-0.15, -0.1) is 11.8 Å². The van der Waals surface area contributed by atoms with Gasteiger partial charge in [-0.05, 0) is 39.3 Å². The van der Waals surface area contributed by atoms with E-state index in [1.165, 1.54) is 16.8 Å². The first-order valence-corrected chi connectivity index (χ1v) is 8.51. The Morgan fingerprint density at radius 1 is 1.19 bits per heavy atom. The van der Waals surface area contributed by atoms with Crippen molar-refractivity contribution >= 4 is 17.5 Å². The second-order valence-corrected chi connectivity index (χ2v) is 6.42. The van der Waals surface area contributed by atoms with E-state index in [2.05, 4.69) is 49.6 Å². The summed E-state index contributed by atoms with van der Waals surface area (Å²) in [4.78, 5) is 12.4. The third-order valence-corrected chi connectivity index (χ3v) is 4.78. The second-order valence-electron chi connectivity index (χ2n) is 5.43. The summed E-state index contributed by atoms with van der Waals surface area (Å²) < 4.78 is 2.19. The lowest BCUT2D eigenvalue weighted by atomic mass is 10.2. The van der Waals surface area contributed by atoms with Gasteiger partial charge in [0.15, 0.2) is 5.78 Å². The molecular weight excluding hydrogens is 278 g/mol. The molecule has 21 heavy (non-hydrogen) atoms. The minimum atomic E-state index is 0.237. The number of aromatic nitrogens is 1. The van der Waals surface area contributed by atoms with E-state index in [4.69, 9.17) is 0 Å². The summed E-state index contributed by atoms with van der Waals surface area (Å²) in [6.07, 6.45) is 0. The largest absolute Gasteiger partial charge is 0.349 e. The fraction of sp³-hybridized carbons (Fsp3) is 0.389. The monoisotopic (exact) mass is 301 g/mol. The van der Waals surface area contributed by atoms with Crippen molar-refractivity contribution in [1.82, 2.24) is 4.57 Å². The summed E-state index contributed by atoms with van der Waals surface area (Å²) in [5.74, 6) is 1.67. The van der Waals surface area contributed by atoms with E-state index in [0.717, 1.165) is 23.6 Å². The third kappa shape index (κ3) is 3.79. The van der Waals surface area contributed by atoms with Crippen molar-refractivity contribution < 1.29 is 4.79 Å². The number of thioether (sulfide) groups is 1. The van der Waals surface area contributed by atoms with Crippen LogP contribution in [-0.2, 0) is 12.3 Å². The van der Waals surface area contributed by atoms with Gasteiger partial charge in [0.05, 0.1) is 5.75 Å². The van der Waals surface area contributed by atoms with Gasteiger partial charge in [-0.2, -0.15) is 0 Å². The fourth-order valence-corrected chi connectivity index (χ4v) is 3.57. The van der Waals surface area contributed by atoms with Gasteiger partial charge in [0, 0.05) is 29.2 Å². The highest BCUT2D eigenvalue weighted by molar-refractivity contribution is 7.99. The highest BCUT2D eigenvalue weighted by Gasteiger charge is 2.14. The van der Waals surface area contributed by atoms with Crippen LogP contribution in [0.15, 0.2) is 30.3 Å². The molecule has 0 radical (unpaired) electrons. The zero-order valence-electron chi connectivity index (χ0n) is 13.3. The standard InChI is InChI=1S/C18H23NOS/c1-5-19-14(3)10-17(15(19)4)18(20)12-21-11-16-8-6-7-13(2)9-16/h6-10H,5,11-12H2,1-4H3.